The van der Waals surface area contributed by atoms with Crippen LogP contribution < -0.4 is 0 Å². The van der Waals surface area contributed by atoms with Gasteiger partial charge in [0.25, 0.3) is 0 Å². The van der Waals surface area contributed by atoms with Crippen molar-refractivity contribution < 1.29 is 14.3 Å². The Morgan fingerprint density at radius 2 is 2.11 bits per heavy atom. The largest absolute Gasteiger partial charge is 0.466 e. The lowest BCUT2D eigenvalue weighted by atomic mass is 10.0. The second-order valence-corrected chi connectivity index (χ2v) is 5.91. The van der Waals surface area contributed by atoms with E-state index in [1.54, 1.807) is 6.08 Å². The van der Waals surface area contributed by atoms with Gasteiger partial charge >= 0.3 is 5.97 Å². The maximum Gasteiger partial charge on any atom is 0.330 e. The van der Waals surface area contributed by atoms with E-state index < -0.39 is 0 Å². The molecule has 1 atom stereocenters. The number of hydrogen-bond donors (Lipinski definition) is 0. The van der Waals surface area contributed by atoms with Crippen molar-refractivity contribution in [2.24, 2.45) is 0 Å². The Labute approximate surface area is 116 Å². The van der Waals surface area contributed by atoms with Crippen LogP contribution in [0.2, 0.25) is 0 Å². The Kier molecular flexibility index (Phi) is 5.80. The van der Waals surface area contributed by atoms with Crippen LogP contribution in [-0.2, 0) is 14.3 Å². The molecule has 0 aliphatic carbocycles. The average molecular weight is 266 g/mol. The molecule has 0 unspecified atom stereocenters. The molecule has 0 radical (unpaired) electrons. The van der Waals surface area contributed by atoms with Gasteiger partial charge in [-0.15, -0.1) is 0 Å². The summed E-state index contributed by atoms with van der Waals surface area (Å²) < 4.78 is 10.6. The predicted molar refractivity (Wildman–Crippen MR) is 77.0 cm³/mol. The summed E-state index contributed by atoms with van der Waals surface area (Å²) in [4.78, 5) is 11.1. The minimum atomic E-state index is -0.279. The molecule has 1 aliphatic rings. The first-order valence-corrected chi connectivity index (χ1v) is 6.93. The Bertz CT molecular complexity index is 377. The first-order valence-electron chi connectivity index (χ1n) is 6.93. The Hall–Kier alpha value is -1.09. The summed E-state index contributed by atoms with van der Waals surface area (Å²) in [6.07, 6.45) is 8.07. The van der Waals surface area contributed by atoms with Gasteiger partial charge in [-0.2, -0.15) is 0 Å². The van der Waals surface area contributed by atoms with Gasteiger partial charge in [0.2, 0.25) is 0 Å². The summed E-state index contributed by atoms with van der Waals surface area (Å²) in [7, 11) is 1.40. The van der Waals surface area contributed by atoms with Crippen molar-refractivity contribution >= 4 is 5.97 Å². The minimum Gasteiger partial charge on any atom is -0.466 e. The summed E-state index contributed by atoms with van der Waals surface area (Å²) in [5, 5.41) is 0. The van der Waals surface area contributed by atoms with Crippen molar-refractivity contribution in [2.45, 2.75) is 65.1 Å². The Morgan fingerprint density at radius 1 is 1.42 bits per heavy atom. The third-order valence-electron chi connectivity index (χ3n) is 3.55. The van der Waals surface area contributed by atoms with Crippen molar-refractivity contribution in [2.75, 3.05) is 7.11 Å². The van der Waals surface area contributed by atoms with Crippen LogP contribution in [0.15, 0.2) is 23.3 Å². The number of carbonyl (C=O) groups excluding carboxylic acids is 1. The van der Waals surface area contributed by atoms with Crippen LogP contribution in [0.4, 0.5) is 0 Å². The molecule has 3 nitrogen and oxygen atoms in total. The van der Waals surface area contributed by atoms with Gasteiger partial charge in [0.1, 0.15) is 0 Å². The highest BCUT2D eigenvalue weighted by Crippen LogP contribution is 2.32. The van der Waals surface area contributed by atoms with Crippen LogP contribution in [0.3, 0.4) is 0 Å². The van der Waals surface area contributed by atoms with E-state index in [4.69, 9.17) is 4.74 Å². The van der Waals surface area contributed by atoms with Gasteiger partial charge < -0.3 is 9.47 Å². The van der Waals surface area contributed by atoms with Crippen LogP contribution in [0.25, 0.3) is 0 Å². The van der Waals surface area contributed by atoms with E-state index in [0.717, 1.165) is 31.3 Å². The zero-order chi connectivity index (χ0) is 14.5. The molecule has 0 aromatic heterocycles. The first kappa shape index (κ1) is 16.0. The lowest BCUT2D eigenvalue weighted by molar-refractivity contribution is -0.134. The summed E-state index contributed by atoms with van der Waals surface area (Å²) in [5.74, 6) is -0.279. The molecular weight excluding hydrogens is 240 g/mol. The van der Waals surface area contributed by atoms with Crippen LogP contribution in [0, 0.1) is 0 Å². The smallest absolute Gasteiger partial charge is 0.330 e. The van der Waals surface area contributed by atoms with Crippen molar-refractivity contribution in [3.8, 4) is 0 Å². The number of esters is 1. The zero-order valence-electron chi connectivity index (χ0n) is 12.8. The van der Waals surface area contributed by atoms with E-state index in [-0.39, 0.29) is 17.7 Å². The van der Waals surface area contributed by atoms with Crippen LogP contribution >= 0.6 is 0 Å². The molecule has 1 fully saturated rings. The summed E-state index contributed by atoms with van der Waals surface area (Å²) in [5.41, 5.74) is 2.36. The van der Waals surface area contributed by atoms with Crippen molar-refractivity contribution in [3.05, 3.63) is 23.3 Å². The lowest BCUT2D eigenvalue weighted by Gasteiger charge is -2.19. The van der Waals surface area contributed by atoms with Crippen molar-refractivity contribution in [3.63, 3.8) is 0 Å². The topological polar surface area (TPSA) is 35.5 Å². The SMILES string of the molecule is COC(=O)/C=C(\C)CC/C=C(\C)[C@H]1CCC(C)(C)O1. The van der Waals surface area contributed by atoms with Gasteiger partial charge in [-0.05, 0) is 59.0 Å². The van der Waals surface area contributed by atoms with Gasteiger partial charge in [-0.1, -0.05) is 11.6 Å². The molecule has 108 valence electrons. The molecule has 3 heteroatoms. The third kappa shape index (κ3) is 5.60. The molecular formula is C16H26O3. The highest BCUT2D eigenvalue weighted by molar-refractivity contribution is 5.82. The van der Waals surface area contributed by atoms with Gasteiger partial charge in [0, 0.05) is 6.08 Å². The van der Waals surface area contributed by atoms with E-state index in [1.165, 1.54) is 12.7 Å². The number of rotatable bonds is 5. The van der Waals surface area contributed by atoms with Gasteiger partial charge in [-0.25, -0.2) is 4.79 Å². The van der Waals surface area contributed by atoms with Crippen LogP contribution in [-0.4, -0.2) is 24.8 Å². The molecule has 1 saturated heterocycles. The van der Waals surface area contributed by atoms with Crippen molar-refractivity contribution in [1.29, 1.82) is 0 Å². The highest BCUT2D eigenvalue weighted by Gasteiger charge is 2.32. The zero-order valence-corrected chi connectivity index (χ0v) is 12.8. The molecule has 0 aromatic rings. The first-order chi connectivity index (χ1) is 8.84. The van der Waals surface area contributed by atoms with E-state index >= 15 is 0 Å². The minimum absolute atomic E-state index is 0.0144. The van der Waals surface area contributed by atoms with Gasteiger partial charge in [0.15, 0.2) is 0 Å². The summed E-state index contributed by atoms with van der Waals surface area (Å²) in [6, 6.07) is 0. The maximum atomic E-state index is 11.1. The van der Waals surface area contributed by atoms with Crippen LogP contribution in [0.1, 0.15) is 53.4 Å². The van der Waals surface area contributed by atoms with E-state index in [0.29, 0.717) is 0 Å². The lowest BCUT2D eigenvalue weighted by Crippen LogP contribution is -2.20. The molecule has 1 heterocycles. The monoisotopic (exact) mass is 266 g/mol. The quantitative estimate of drug-likeness (QED) is 0.431. The molecule has 0 spiro atoms. The van der Waals surface area contributed by atoms with Gasteiger partial charge in [0.05, 0.1) is 18.8 Å². The summed E-state index contributed by atoms with van der Waals surface area (Å²) in [6.45, 7) is 8.37. The molecule has 0 N–H and O–H groups in total. The third-order valence-corrected chi connectivity index (χ3v) is 3.55. The average Bonchev–Trinajstić information content (AvgIpc) is 2.69. The molecule has 1 aliphatic heterocycles. The number of ether oxygens (including phenoxy) is 2. The normalized spacial score (nSPS) is 23.5. The number of hydrogen-bond acceptors (Lipinski definition) is 3. The second-order valence-electron chi connectivity index (χ2n) is 5.91. The van der Waals surface area contributed by atoms with Crippen LogP contribution in [0.5, 0.6) is 0 Å². The van der Waals surface area contributed by atoms with Gasteiger partial charge in [-0.3, -0.25) is 0 Å². The fourth-order valence-electron chi connectivity index (χ4n) is 2.29. The fourth-order valence-corrected chi connectivity index (χ4v) is 2.29. The Balaban J connectivity index is 2.41. The van der Waals surface area contributed by atoms with Crippen molar-refractivity contribution in [1.82, 2.24) is 0 Å². The Morgan fingerprint density at radius 3 is 2.63 bits per heavy atom. The standard InChI is InChI=1S/C16H26O3/c1-12(11-15(17)18-5)7-6-8-13(2)14-9-10-16(3,4)19-14/h8,11,14H,6-7,9-10H2,1-5H3/b12-11+,13-8+/t14-/m1/s1. The molecule has 0 saturated carbocycles. The number of carbonyl (C=O) groups is 1. The number of methoxy groups -OCH3 is 1. The molecule has 0 amide bonds. The molecule has 19 heavy (non-hydrogen) atoms. The van der Waals surface area contributed by atoms with E-state index in [9.17, 15) is 4.79 Å². The molecule has 1 rings (SSSR count). The predicted octanol–water partition coefficient (Wildman–Crippen LogP) is 3.79. The molecule has 0 bridgehead atoms. The maximum absolute atomic E-state index is 11.1. The van der Waals surface area contributed by atoms with E-state index in [1.807, 2.05) is 6.92 Å². The number of allylic oxidation sites excluding steroid dienone is 2. The fraction of sp³-hybridized carbons (Fsp3) is 0.688. The molecule has 0 aromatic carbocycles. The van der Waals surface area contributed by atoms with E-state index in [2.05, 4.69) is 31.6 Å². The second kappa shape index (κ2) is 6.90. The summed E-state index contributed by atoms with van der Waals surface area (Å²) >= 11 is 0. The highest BCUT2D eigenvalue weighted by atomic mass is 16.5.